The largest absolute Gasteiger partial charge is 0.389 e. The van der Waals surface area contributed by atoms with E-state index < -0.39 is 24.9 Å². The average Bonchev–Trinajstić information content (AvgIpc) is 2.33. The van der Waals surface area contributed by atoms with E-state index in [2.05, 4.69) is 17.2 Å². The third-order valence-electron chi connectivity index (χ3n) is 2.09. The molecule has 102 valence electrons. The van der Waals surface area contributed by atoms with Crippen molar-refractivity contribution in [2.45, 2.75) is 19.0 Å². The van der Waals surface area contributed by atoms with Crippen LogP contribution in [0.15, 0.2) is 24.3 Å². The molecule has 0 fully saturated rings. The van der Waals surface area contributed by atoms with E-state index in [0.717, 1.165) is 0 Å². The Morgan fingerprint density at radius 2 is 2.11 bits per heavy atom. The molecule has 2 N–H and O–H groups in total. The Morgan fingerprint density at radius 1 is 1.37 bits per heavy atom. The summed E-state index contributed by atoms with van der Waals surface area (Å²) in [6.45, 7) is -0.290. The van der Waals surface area contributed by atoms with E-state index in [1.54, 1.807) is 18.2 Å². The normalized spacial score (nSPS) is 10.5. The van der Waals surface area contributed by atoms with E-state index in [4.69, 9.17) is 5.11 Å². The number of aliphatic hydroxyl groups excluding tert-OH is 1. The number of rotatable bonds is 3. The second-order valence-corrected chi connectivity index (χ2v) is 3.70. The highest BCUT2D eigenvalue weighted by molar-refractivity contribution is 5.90. The monoisotopic (exact) mass is 271 g/mol. The third-order valence-corrected chi connectivity index (χ3v) is 2.09. The lowest BCUT2D eigenvalue weighted by atomic mass is 10.2. The number of alkyl halides is 3. The molecule has 0 saturated heterocycles. The van der Waals surface area contributed by atoms with Gasteiger partial charge in [0.05, 0.1) is 6.42 Å². The summed E-state index contributed by atoms with van der Waals surface area (Å²) in [4.78, 5) is 11.3. The van der Waals surface area contributed by atoms with Crippen LogP contribution in [0.2, 0.25) is 0 Å². The van der Waals surface area contributed by atoms with E-state index >= 15 is 0 Å². The fourth-order valence-corrected chi connectivity index (χ4v) is 1.30. The molecule has 1 aromatic rings. The predicted molar refractivity (Wildman–Crippen MR) is 64.3 cm³/mol. The number of anilines is 1. The number of nitrogens with one attached hydrogen (secondary N) is 1. The first-order valence-electron chi connectivity index (χ1n) is 5.47. The second-order valence-electron chi connectivity index (χ2n) is 3.70. The summed E-state index contributed by atoms with van der Waals surface area (Å²) < 4.78 is 35.8. The van der Waals surface area contributed by atoms with Crippen LogP contribution in [0.5, 0.6) is 0 Å². The Labute approximate surface area is 108 Å². The lowest BCUT2D eigenvalue weighted by Crippen LogP contribution is -2.16. The van der Waals surface area contributed by atoms with Crippen molar-refractivity contribution in [3.05, 3.63) is 29.8 Å². The zero-order valence-electron chi connectivity index (χ0n) is 9.92. The SMILES string of the molecule is O=C(CCC(F)(F)F)Nc1cccc(C#CCO)c1. The molecular formula is C13H12F3NO2. The Kier molecular flexibility index (Phi) is 5.39. The van der Waals surface area contributed by atoms with Crippen LogP contribution in [-0.2, 0) is 4.79 Å². The lowest BCUT2D eigenvalue weighted by molar-refractivity contribution is -0.142. The van der Waals surface area contributed by atoms with E-state index in [9.17, 15) is 18.0 Å². The van der Waals surface area contributed by atoms with Crippen molar-refractivity contribution in [2.75, 3.05) is 11.9 Å². The van der Waals surface area contributed by atoms with Crippen molar-refractivity contribution < 1.29 is 23.1 Å². The summed E-state index contributed by atoms with van der Waals surface area (Å²) in [7, 11) is 0. The standard InChI is InChI=1S/C13H12F3NO2/c14-13(15,16)7-6-12(19)17-11-5-1-3-10(9-11)4-2-8-18/h1,3,5,9,18H,6-8H2,(H,17,19). The number of halogens is 3. The van der Waals surface area contributed by atoms with Crippen molar-refractivity contribution in [3.63, 3.8) is 0 Å². The summed E-state index contributed by atoms with van der Waals surface area (Å²) in [5.41, 5.74) is 0.930. The van der Waals surface area contributed by atoms with Gasteiger partial charge in [-0.3, -0.25) is 4.79 Å². The van der Waals surface area contributed by atoms with Crippen LogP contribution >= 0.6 is 0 Å². The molecule has 0 aromatic heterocycles. The molecular weight excluding hydrogens is 259 g/mol. The first kappa shape index (κ1) is 15.1. The quantitative estimate of drug-likeness (QED) is 0.829. The molecule has 0 saturated carbocycles. The molecule has 0 unspecified atom stereocenters. The van der Waals surface area contributed by atoms with Crippen LogP contribution in [0.3, 0.4) is 0 Å². The summed E-state index contributed by atoms with van der Waals surface area (Å²) in [5, 5.41) is 10.9. The molecule has 19 heavy (non-hydrogen) atoms. The van der Waals surface area contributed by atoms with Crippen LogP contribution in [0, 0.1) is 11.8 Å². The van der Waals surface area contributed by atoms with E-state index in [0.29, 0.717) is 11.3 Å². The van der Waals surface area contributed by atoms with E-state index in [-0.39, 0.29) is 6.61 Å². The molecule has 3 nitrogen and oxygen atoms in total. The summed E-state index contributed by atoms with van der Waals surface area (Å²) in [6.07, 6.45) is -6.11. The fraction of sp³-hybridized carbons (Fsp3) is 0.308. The lowest BCUT2D eigenvalue weighted by Gasteiger charge is -2.07. The molecule has 0 bridgehead atoms. The zero-order chi connectivity index (χ0) is 14.3. The Bertz CT molecular complexity index is 501. The van der Waals surface area contributed by atoms with Crippen molar-refractivity contribution in [1.82, 2.24) is 0 Å². The second kappa shape index (κ2) is 6.81. The molecule has 0 aliphatic rings. The molecule has 0 radical (unpaired) electrons. The molecule has 0 atom stereocenters. The highest BCUT2D eigenvalue weighted by Gasteiger charge is 2.27. The molecule has 0 aliphatic heterocycles. The number of hydrogen-bond acceptors (Lipinski definition) is 2. The molecule has 0 spiro atoms. The van der Waals surface area contributed by atoms with Crippen LogP contribution < -0.4 is 5.32 Å². The van der Waals surface area contributed by atoms with Crippen molar-refractivity contribution in [2.24, 2.45) is 0 Å². The Morgan fingerprint density at radius 3 is 2.74 bits per heavy atom. The first-order chi connectivity index (χ1) is 8.90. The van der Waals surface area contributed by atoms with Gasteiger partial charge < -0.3 is 10.4 Å². The number of carbonyl (C=O) groups is 1. The van der Waals surface area contributed by atoms with E-state index in [1.807, 2.05) is 0 Å². The van der Waals surface area contributed by atoms with Gasteiger partial charge in [-0.1, -0.05) is 17.9 Å². The van der Waals surface area contributed by atoms with Gasteiger partial charge in [0.25, 0.3) is 0 Å². The van der Waals surface area contributed by atoms with Gasteiger partial charge in [-0.25, -0.2) is 0 Å². The van der Waals surface area contributed by atoms with Crippen LogP contribution in [-0.4, -0.2) is 23.8 Å². The summed E-state index contributed by atoms with van der Waals surface area (Å²) >= 11 is 0. The minimum absolute atomic E-state index is 0.290. The highest BCUT2D eigenvalue weighted by atomic mass is 19.4. The molecule has 1 aromatic carbocycles. The number of hydrogen-bond donors (Lipinski definition) is 2. The maximum Gasteiger partial charge on any atom is 0.389 e. The van der Waals surface area contributed by atoms with Gasteiger partial charge in [0, 0.05) is 17.7 Å². The highest BCUT2D eigenvalue weighted by Crippen LogP contribution is 2.21. The van der Waals surface area contributed by atoms with Gasteiger partial charge in [0.2, 0.25) is 5.91 Å². The van der Waals surface area contributed by atoms with Gasteiger partial charge in [-0.2, -0.15) is 13.2 Å². The average molecular weight is 271 g/mol. The Hall–Kier alpha value is -2.00. The summed E-state index contributed by atoms with van der Waals surface area (Å²) in [6, 6.07) is 6.35. The minimum Gasteiger partial charge on any atom is -0.384 e. The smallest absolute Gasteiger partial charge is 0.384 e. The molecule has 0 heterocycles. The molecule has 0 aliphatic carbocycles. The fourth-order valence-electron chi connectivity index (χ4n) is 1.30. The van der Waals surface area contributed by atoms with Gasteiger partial charge in [0.15, 0.2) is 0 Å². The van der Waals surface area contributed by atoms with Crippen molar-refractivity contribution >= 4 is 11.6 Å². The zero-order valence-corrected chi connectivity index (χ0v) is 9.92. The Balaban J connectivity index is 2.59. The van der Waals surface area contributed by atoms with Crippen molar-refractivity contribution in [3.8, 4) is 11.8 Å². The van der Waals surface area contributed by atoms with Crippen LogP contribution in [0.25, 0.3) is 0 Å². The maximum atomic E-state index is 11.9. The van der Waals surface area contributed by atoms with Gasteiger partial charge in [-0.15, -0.1) is 0 Å². The van der Waals surface area contributed by atoms with Crippen LogP contribution in [0.4, 0.5) is 18.9 Å². The topological polar surface area (TPSA) is 49.3 Å². The van der Waals surface area contributed by atoms with Crippen molar-refractivity contribution in [1.29, 1.82) is 0 Å². The van der Waals surface area contributed by atoms with E-state index in [1.165, 1.54) is 6.07 Å². The summed E-state index contributed by atoms with van der Waals surface area (Å²) in [5.74, 6) is 4.36. The number of amides is 1. The number of carbonyl (C=O) groups excluding carboxylic acids is 1. The van der Waals surface area contributed by atoms with Gasteiger partial charge in [-0.05, 0) is 18.2 Å². The van der Waals surface area contributed by atoms with Gasteiger partial charge in [0.1, 0.15) is 6.61 Å². The predicted octanol–water partition coefficient (Wildman–Crippen LogP) is 2.31. The van der Waals surface area contributed by atoms with Crippen LogP contribution in [0.1, 0.15) is 18.4 Å². The van der Waals surface area contributed by atoms with Gasteiger partial charge >= 0.3 is 6.18 Å². The first-order valence-corrected chi connectivity index (χ1v) is 5.47. The molecule has 1 rings (SSSR count). The minimum atomic E-state index is -4.34. The third kappa shape index (κ3) is 6.48. The number of aliphatic hydroxyl groups is 1. The molecule has 6 heteroatoms. The number of benzene rings is 1. The molecule has 1 amide bonds. The maximum absolute atomic E-state index is 11.9.